The van der Waals surface area contributed by atoms with Crippen LogP contribution in [0.15, 0.2) is 29.6 Å². The van der Waals surface area contributed by atoms with Crippen molar-refractivity contribution in [1.29, 1.82) is 0 Å². The summed E-state index contributed by atoms with van der Waals surface area (Å²) in [6, 6.07) is 5.21. The largest absolute Gasteiger partial charge is 0.476 e. The van der Waals surface area contributed by atoms with Gasteiger partial charge in [-0.25, -0.2) is 19.0 Å². The number of amides is 2. The summed E-state index contributed by atoms with van der Waals surface area (Å²) in [6.07, 6.45) is 0. The number of hydrogen-bond acceptors (Lipinski definition) is 4. The van der Waals surface area contributed by atoms with Gasteiger partial charge in [-0.15, -0.1) is 11.3 Å². The molecule has 21 heavy (non-hydrogen) atoms. The van der Waals surface area contributed by atoms with E-state index in [9.17, 15) is 14.0 Å². The predicted molar refractivity (Wildman–Crippen MR) is 76.1 cm³/mol. The van der Waals surface area contributed by atoms with Crippen LogP contribution in [0.3, 0.4) is 0 Å². The van der Waals surface area contributed by atoms with Gasteiger partial charge in [0.25, 0.3) is 0 Å². The van der Waals surface area contributed by atoms with Gasteiger partial charge in [0.2, 0.25) is 0 Å². The van der Waals surface area contributed by atoms with Crippen LogP contribution in [-0.2, 0) is 6.54 Å². The zero-order valence-electron chi connectivity index (χ0n) is 11.0. The van der Waals surface area contributed by atoms with Crippen molar-refractivity contribution in [3.63, 3.8) is 0 Å². The second kappa shape index (κ2) is 6.31. The van der Waals surface area contributed by atoms with Crippen LogP contribution in [0.25, 0.3) is 0 Å². The highest BCUT2D eigenvalue weighted by molar-refractivity contribution is 7.09. The highest BCUT2D eigenvalue weighted by Gasteiger charge is 2.13. The van der Waals surface area contributed by atoms with Gasteiger partial charge >= 0.3 is 12.0 Å². The number of thiazole rings is 1. The van der Waals surface area contributed by atoms with Crippen LogP contribution < -0.4 is 10.2 Å². The van der Waals surface area contributed by atoms with E-state index in [1.54, 1.807) is 6.07 Å². The van der Waals surface area contributed by atoms with Crippen LogP contribution in [0.2, 0.25) is 0 Å². The first-order chi connectivity index (χ1) is 9.97. The number of urea groups is 1. The number of nitrogens with one attached hydrogen (secondary N) is 1. The molecule has 0 atom stereocenters. The maximum Gasteiger partial charge on any atom is 0.355 e. The molecule has 0 unspecified atom stereocenters. The molecule has 110 valence electrons. The molecule has 0 radical (unpaired) electrons. The van der Waals surface area contributed by atoms with E-state index in [1.807, 2.05) is 0 Å². The van der Waals surface area contributed by atoms with Gasteiger partial charge in [-0.1, -0.05) is 6.07 Å². The molecule has 0 bridgehead atoms. The van der Waals surface area contributed by atoms with Crippen molar-refractivity contribution < 1.29 is 19.1 Å². The number of hydrogen-bond donors (Lipinski definition) is 2. The van der Waals surface area contributed by atoms with Crippen LogP contribution in [0.1, 0.15) is 15.5 Å². The summed E-state index contributed by atoms with van der Waals surface area (Å²) in [4.78, 5) is 27.7. The highest BCUT2D eigenvalue weighted by atomic mass is 32.1. The van der Waals surface area contributed by atoms with Gasteiger partial charge in [0.1, 0.15) is 10.8 Å². The molecule has 2 rings (SSSR count). The van der Waals surface area contributed by atoms with Crippen LogP contribution in [0.4, 0.5) is 14.9 Å². The first kappa shape index (κ1) is 14.9. The third kappa shape index (κ3) is 3.76. The number of carbonyl (C=O) groups is 2. The Hall–Kier alpha value is -2.48. The van der Waals surface area contributed by atoms with E-state index >= 15 is 0 Å². The minimum absolute atomic E-state index is 0.0530. The van der Waals surface area contributed by atoms with Crippen LogP contribution in [0.5, 0.6) is 0 Å². The molecule has 8 heteroatoms. The third-order valence-electron chi connectivity index (χ3n) is 2.66. The summed E-state index contributed by atoms with van der Waals surface area (Å²) in [5, 5.41) is 13.2. The lowest BCUT2D eigenvalue weighted by Crippen LogP contribution is -2.36. The summed E-state index contributed by atoms with van der Waals surface area (Å²) in [6.45, 7) is 0.108. The van der Waals surface area contributed by atoms with E-state index in [0.717, 1.165) is 11.3 Å². The molecule has 2 N–H and O–H groups in total. The number of carbonyl (C=O) groups excluding carboxylic acids is 1. The van der Waals surface area contributed by atoms with E-state index in [-0.39, 0.29) is 12.2 Å². The Morgan fingerprint density at radius 3 is 2.86 bits per heavy atom. The highest BCUT2D eigenvalue weighted by Crippen LogP contribution is 2.14. The van der Waals surface area contributed by atoms with Crippen LogP contribution in [0, 0.1) is 5.82 Å². The maximum atomic E-state index is 13.1. The number of aromatic nitrogens is 1. The number of carboxylic acids is 1. The average Bonchev–Trinajstić information content (AvgIpc) is 2.93. The minimum atomic E-state index is -1.11. The van der Waals surface area contributed by atoms with Crippen molar-refractivity contribution in [3.8, 4) is 0 Å². The first-order valence-corrected chi connectivity index (χ1v) is 6.80. The topological polar surface area (TPSA) is 82.5 Å². The molecule has 0 aliphatic heterocycles. The van der Waals surface area contributed by atoms with Crippen LogP contribution in [-0.4, -0.2) is 29.1 Å². The Morgan fingerprint density at radius 2 is 2.24 bits per heavy atom. The Morgan fingerprint density at radius 1 is 1.48 bits per heavy atom. The summed E-state index contributed by atoms with van der Waals surface area (Å²) >= 11 is 1.14. The van der Waals surface area contributed by atoms with Crippen molar-refractivity contribution in [2.75, 3.05) is 11.9 Å². The number of anilines is 1. The number of halogens is 1. The molecule has 0 fully saturated rings. The molecule has 2 aromatic rings. The van der Waals surface area contributed by atoms with E-state index in [4.69, 9.17) is 5.11 Å². The van der Waals surface area contributed by atoms with Gasteiger partial charge in [-0.05, 0) is 18.2 Å². The summed E-state index contributed by atoms with van der Waals surface area (Å²) < 4.78 is 13.1. The zero-order chi connectivity index (χ0) is 15.4. The second-order valence-corrected chi connectivity index (χ2v) is 5.07. The van der Waals surface area contributed by atoms with Crippen molar-refractivity contribution in [2.45, 2.75) is 6.54 Å². The standard InChI is InChI=1S/C13H12FN3O3S/c1-17(9-4-2-3-8(14)5-9)13(20)15-6-11-16-10(7-21-11)12(18)19/h2-5,7H,6H2,1H3,(H,15,20)(H,18,19). The van der Waals surface area contributed by atoms with Gasteiger partial charge in [0, 0.05) is 18.1 Å². The number of benzene rings is 1. The molecule has 1 aromatic heterocycles. The number of carboxylic acid groups (broad SMARTS) is 1. The normalized spacial score (nSPS) is 10.2. The Bertz CT molecular complexity index is 674. The lowest BCUT2D eigenvalue weighted by Gasteiger charge is -2.17. The number of aromatic carboxylic acids is 1. The zero-order valence-corrected chi connectivity index (χ0v) is 11.9. The molecule has 0 aliphatic rings. The Balaban J connectivity index is 1.96. The van der Waals surface area contributed by atoms with Gasteiger partial charge < -0.3 is 10.4 Å². The van der Waals surface area contributed by atoms with Crippen molar-refractivity contribution >= 4 is 29.0 Å². The smallest absolute Gasteiger partial charge is 0.355 e. The van der Waals surface area contributed by atoms with Crippen LogP contribution >= 0.6 is 11.3 Å². The van der Waals surface area contributed by atoms with Crippen molar-refractivity contribution in [1.82, 2.24) is 10.3 Å². The van der Waals surface area contributed by atoms with Crippen molar-refractivity contribution in [3.05, 3.63) is 46.2 Å². The molecule has 2 amide bonds. The summed E-state index contributed by atoms with van der Waals surface area (Å²) in [5.74, 6) is -1.54. The van der Waals surface area contributed by atoms with E-state index in [2.05, 4.69) is 10.3 Å². The molecule has 1 heterocycles. The maximum absolute atomic E-state index is 13.1. The molecule has 6 nitrogen and oxygen atoms in total. The van der Waals surface area contributed by atoms with Gasteiger partial charge in [0.05, 0.1) is 6.54 Å². The number of rotatable bonds is 4. The lowest BCUT2D eigenvalue weighted by atomic mass is 10.3. The molecule has 0 aliphatic carbocycles. The fourth-order valence-electron chi connectivity index (χ4n) is 1.56. The van der Waals surface area contributed by atoms with Crippen molar-refractivity contribution in [2.24, 2.45) is 0 Å². The Kier molecular flexibility index (Phi) is 4.49. The molecular weight excluding hydrogens is 297 g/mol. The lowest BCUT2D eigenvalue weighted by molar-refractivity contribution is 0.0691. The van der Waals surface area contributed by atoms with E-state index in [1.165, 1.54) is 35.5 Å². The fraction of sp³-hybridized carbons (Fsp3) is 0.154. The molecular formula is C13H12FN3O3S. The monoisotopic (exact) mass is 309 g/mol. The SMILES string of the molecule is CN(C(=O)NCc1nc(C(=O)O)cs1)c1cccc(F)c1. The molecule has 1 aromatic carbocycles. The molecule has 0 saturated heterocycles. The van der Waals surface area contributed by atoms with Gasteiger partial charge in [0.15, 0.2) is 5.69 Å². The van der Waals surface area contributed by atoms with Gasteiger partial charge in [-0.3, -0.25) is 4.90 Å². The summed E-state index contributed by atoms with van der Waals surface area (Å²) in [5.41, 5.74) is 0.362. The average molecular weight is 309 g/mol. The van der Waals surface area contributed by atoms with Gasteiger partial charge in [-0.2, -0.15) is 0 Å². The second-order valence-electron chi connectivity index (χ2n) is 4.13. The predicted octanol–water partition coefficient (Wildman–Crippen LogP) is 2.33. The first-order valence-electron chi connectivity index (χ1n) is 5.92. The minimum Gasteiger partial charge on any atom is -0.476 e. The van der Waals surface area contributed by atoms with E-state index < -0.39 is 17.8 Å². The van der Waals surface area contributed by atoms with E-state index in [0.29, 0.717) is 10.7 Å². The third-order valence-corrected chi connectivity index (χ3v) is 3.51. The fourth-order valence-corrected chi connectivity index (χ4v) is 2.27. The quantitative estimate of drug-likeness (QED) is 0.908. The molecule has 0 spiro atoms. The summed E-state index contributed by atoms with van der Waals surface area (Å²) in [7, 11) is 1.51. The Labute approximate surface area is 123 Å². The molecule has 0 saturated carbocycles. The number of nitrogens with zero attached hydrogens (tertiary/aromatic N) is 2.